The average molecular weight is 377 g/mol. The number of aryl methyl sites for hydroxylation is 1. The number of nitrogens with two attached hydrogens (primary N) is 1. The zero-order valence-electron chi connectivity index (χ0n) is 13.8. The third kappa shape index (κ3) is 4.29. The molecule has 0 spiro atoms. The highest BCUT2D eigenvalue weighted by Crippen LogP contribution is 2.28. The minimum atomic E-state index is -0.370. The van der Waals surface area contributed by atoms with E-state index in [1.165, 1.54) is 23.1 Å². The standard InChI is InChI=1S/C16H19N5O2S2/c1-11-4-2-3-5-12(11)14(23)20-6-8-21(9-7-20)15-18-19-16(25-15)24-10-13(17)22/h2-5H,6-10H2,1H3,(H2,17,22). The van der Waals surface area contributed by atoms with Gasteiger partial charge in [0.05, 0.1) is 5.75 Å². The lowest BCUT2D eigenvalue weighted by Crippen LogP contribution is -2.48. The van der Waals surface area contributed by atoms with Crippen LogP contribution in [0.15, 0.2) is 28.6 Å². The smallest absolute Gasteiger partial charge is 0.254 e. The number of primary amides is 1. The maximum atomic E-state index is 12.7. The number of hydrogen-bond donors (Lipinski definition) is 1. The number of amides is 2. The Bertz CT molecular complexity index is 771. The maximum Gasteiger partial charge on any atom is 0.254 e. The number of nitrogens with zero attached hydrogens (tertiary/aromatic N) is 4. The summed E-state index contributed by atoms with van der Waals surface area (Å²) in [6.45, 7) is 4.68. The molecule has 0 aliphatic carbocycles. The van der Waals surface area contributed by atoms with Crippen LogP contribution >= 0.6 is 23.1 Å². The van der Waals surface area contributed by atoms with Crippen LogP contribution in [0.25, 0.3) is 0 Å². The van der Waals surface area contributed by atoms with Gasteiger partial charge in [0.25, 0.3) is 5.91 Å². The SMILES string of the molecule is Cc1ccccc1C(=O)N1CCN(c2nnc(SCC(N)=O)s2)CC1. The first-order chi connectivity index (χ1) is 12.0. The van der Waals surface area contributed by atoms with E-state index < -0.39 is 0 Å². The minimum absolute atomic E-state index is 0.0766. The van der Waals surface area contributed by atoms with Crippen molar-refractivity contribution >= 4 is 40.0 Å². The fraction of sp³-hybridized carbons (Fsp3) is 0.375. The summed E-state index contributed by atoms with van der Waals surface area (Å²) in [7, 11) is 0. The van der Waals surface area contributed by atoms with Gasteiger partial charge in [-0.25, -0.2) is 0 Å². The van der Waals surface area contributed by atoms with Crippen LogP contribution in [0.4, 0.5) is 5.13 Å². The summed E-state index contributed by atoms with van der Waals surface area (Å²) >= 11 is 2.74. The van der Waals surface area contributed by atoms with E-state index in [1.807, 2.05) is 36.1 Å². The second-order valence-electron chi connectivity index (χ2n) is 5.70. The molecule has 2 aromatic rings. The Morgan fingerprint density at radius 3 is 2.60 bits per heavy atom. The lowest BCUT2D eigenvalue weighted by Gasteiger charge is -2.34. The van der Waals surface area contributed by atoms with E-state index in [2.05, 4.69) is 15.1 Å². The molecule has 1 aliphatic heterocycles. The number of carbonyl (C=O) groups is 2. The number of anilines is 1. The van der Waals surface area contributed by atoms with Gasteiger partial charge in [0, 0.05) is 31.7 Å². The van der Waals surface area contributed by atoms with Gasteiger partial charge in [-0.2, -0.15) is 0 Å². The topological polar surface area (TPSA) is 92.4 Å². The van der Waals surface area contributed by atoms with Crippen LogP contribution in [-0.4, -0.2) is 58.8 Å². The van der Waals surface area contributed by atoms with E-state index in [4.69, 9.17) is 5.73 Å². The van der Waals surface area contributed by atoms with Crippen LogP contribution < -0.4 is 10.6 Å². The number of benzene rings is 1. The molecule has 0 atom stereocenters. The summed E-state index contributed by atoms with van der Waals surface area (Å²) in [6.07, 6.45) is 0. The van der Waals surface area contributed by atoms with Crippen LogP contribution in [0.1, 0.15) is 15.9 Å². The van der Waals surface area contributed by atoms with Crippen LogP contribution in [0.2, 0.25) is 0 Å². The number of hydrogen-bond acceptors (Lipinski definition) is 7. The van der Waals surface area contributed by atoms with Gasteiger partial charge in [0.2, 0.25) is 11.0 Å². The third-order valence-corrected chi connectivity index (χ3v) is 6.09. The molecule has 7 nitrogen and oxygen atoms in total. The highest BCUT2D eigenvalue weighted by Gasteiger charge is 2.24. The van der Waals surface area contributed by atoms with E-state index in [-0.39, 0.29) is 17.6 Å². The number of thioether (sulfide) groups is 1. The van der Waals surface area contributed by atoms with Gasteiger partial charge < -0.3 is 15.5 Å². The van der Waals surface area contributed by atoms with Crippen molar-refractivity contribution in [2.24, 2.45) is 5.73 Å². The molecule has 132 valence electrons. The molecule has 2 amide bonds. The van der Waals surface area contributed by atoms with Crippen LogP contribution in [-0.2, 0) is 4.79 Å². The largest absolute Gasteiger partial charge is 0.369 e. The summed E-state index contributed by atoms with van der Waals surface area (Å²) in [5.74, 6) is -0.0920. The molecule has 0 saturated carbocycles. The number of carbonyl (C=O) groups excluding carboxylic acids is 2. The van der Waals surface area contributed by atoms with Crippen molar-refractivity contribution in [3.05, 3.63) is 35.4 Å². The molecule has 0 unspecified atom stereocenters. The second-order valence-corrected chi connectivity index (χ2v) is 7.88. The molecule has 0 bridgehead atoms. The molecule has 9 heteroatoms. The van der Waals surface area contributed by atoms with Crippen molar-refractivity contribution in [1.82, 2.24) is 15.1 Å². The fourth-order valence-electron chi connectivity index (χ4n) is 2.61. The van der Waals surface area contributed by atoms with E-state index in [0.717, 1.165) is 20.6 Å². The van der Waals surface area contributed by atoms with Gasteiger partial charge in [-0.3, -0.25) is 9.59 Å². The minimum Gasteiger partial charge on any atom is -0.369 e. The van der Waals surface area contributed by atoms with Crippen LogP contribution in [0.5, 0.6) is 0 Å². The zero-order chi connectivity index (χ0) is 17.8. The molecule has 1 fully saturated rings. The van der Waals surface area contributed by atoms with Gasteiger partial charge >= 0.3 is 0 Å². The van der Waals surface area contributed by atoms with Crippen molar-refractivity contribution in [3.63, 3.8) is 0 Å². The first kappa shape index (κ1) is 17.7. The highest BCUT2D eigenvalue weighted by molar-refractivity contribution is 8.01. The number of aromatic nitrogens is 2. The van der Waals surface area contributed by atoms with Gasteiger partial charge in [-0.15, -0.1) is 10.2 Å². The third-order valence-electron chi connectivity index (χ3n) is 3.95. The monoisotopic (exact) mass is 377 g/mol. The fourth-order valence-corrected chi connectivity index (χ4v) is 4.24. The van der Waals surface area contributed by atoms with Crippen molar-refractivity contribution < 1.29 is 9.59 Å². The van der Waals surface area contributed by atoms with Crippen molar-refractivity contribution in [2.45, 2.75) is 11.3 Å². The highest BCUT2D eigenvalue weighted by atomic mass is 32.2. The molecule has 2 N–H and O–H groups in total. The lowest BCUT2D eigenvalue weighted by molar-refractivity contribution is -0.115. The Morgan fingerprint density at radius 1 is 1.20 bits per heavy atom. The Hall–Kier alpha value is -2.13. The molecule has 1 aromatic carbocycles. The van der Waals surface area contributed by atoms with Crippen LogP contribution in [0.3, 0.4) is 0 Å². The van der Waals surface area contributed by atoms with Gasteiger partial charge in [-0.1, -0.05) is 41.3 Å². The lowest BCUT2D eigenvalue weighted by atomic mass is 10.1. The summed E-state index contributed by atoms with van der Waals surface area (Å²) < 4.78 is 0.729. The Kier molecular flexibility index (Phi) is 5.54. The van der Waals surface area contributed by atoms with E-state index in [0.29, 0.717) is 26.2 Å². The second kappa shape index (κ2) is 7.83. The molecule has 1 aliphatic rings. The van der Waals surface area contributed by atoms with Crippen molar-refractivity contribution in [2.75, 3.05) is 36.8 Å². The first-order valence-corrected chi connectivity index (χ1v) is 9.69. The summed E-state index contributed by atoms with van der Waals surface area (Å²) in [6, 6.07) is 7.66. The van der Waals surface area contributed by atoms with E-state index in [1.54, 1.807) is 0 Å². The average Bonchev–Trinajstić information content (AvgIpc) is 3.09. The maximum absolute atomic E-state index is 12.7. The molecule has 25 heavy (non-hydrogen) atoms. The van der Waals surface area contributed by atoms with Gasteiger partial charge in [0.1, 0.15) is 0 Å². The Morgan fingerprint density at radius 2 is 1.92 bits per heavy atom. The molecule has 1 saturated heterocycles. The zero-order valence-corrected chi connectivity index (χ0v) is 15.5. The van der Waals surface area contributed by atoms with E-state index in [9.17, 15) is 9.59 Å². The number of piperazine rings is 1. The van der Waals surface area contributed by atoms with E-state index >= 15 is 0 Å². The predicted octanol–water partition coefficient (Wildman–Crippen LogP) is 1.39. The molecular weight excluding hydrogens is 358 g/mol. The first-order valence-electron chi connectivity index (χ1n) is 7.89. The Labute approximate surface area is 154 Å². The predicted molar refractivity (Wildman–Crippen MR) is 99.1 cm³/mol. The summed E-state index contributed by atoms with van der Waals surface area (Å²) in [5.41, 5.74) is 6.90. The number of rotatable bonds is 5. The molecular formula is C16H19N5O2S2. The molecule has 0 radical (unpaired) electrons. The van der Waals surface area contributed by atoms with Gasteiger partial charge in [0.15, 0.2) is 4.34 Å². The normalized spacial score (nSPS) is 14.6. The Balaban J connectivity index is 1.58. The molecule has 1 aromatic heterocycles. The van der Waals surface area contributed by atoms with Gasteiger partial charge in [-0.05, 0) is 18.6 Å². The summed E-state index contributed by atoms with van der Waals surface area (Å²) in [5, 5.41) is 9.07. The summed E-state index contributed by atoms with van der Waals surface area (Å²) in [4.78, 5) is 27.5. The quantitative estimate of drug-likeness (QED) is 0.792. The molecule has 3 rings (SSSR count). The van der Waals surface area contributed by atoms with Crippen molar-refractivity contribution in [1.29, 1.82) is 0 Å². The van der Waals surface area contributed by atoms with Crippen LogP contribution in [0, 0.1) is 6.92 Å². The molecule has 2 heterocycles. The van der Waals surface area contributed by atoms with Crippen molar-refractivity contribution in [3.8, 4) is 0 Å².